The Kier molecular flexibility index (Phi) is 3.63. The van der Waals surface area contributed by atoms with Crippen LogP contribution in [0.1, 0.15) is 28.9 Å². The Labute approximate surface area is 108 Å². The van der Waals surface area contributed by atoms with Gasteiger partial charge in [-0.25, -0.2) is 4.79 Å². The van der Waals surface area contributed by atoms with Gasteiger partial charge < -0.3 is 14.7 Å². The molecule has 1 aromatic rings. The first-order chi connectivity index (χ1) is 8.52. The molecule has 0 radical (unpaired) electrons. The molecule has 18 heavy (non-hydrogen) atoms. The Morgan fingerprint density at radius 1 is 1.56 bits per heavy atom. The van der Waals surface area contributed by atoms with Crippen molar-refractivity contribution in [1.29, 1.82) is 0 Å². The largest absolute Gasteiger partial charge is 0.478 e. The fourth-order valence-electron chi connectivity index (χ4n) is 1.92. The molecule has 1 N–H and O–H groups in total. The van der Waals surface area contributed by atoms with Crippen LogP contribution in [0.4, 0.5) is 5.00 Å². The molecular formula is C11H14N2O4S. The van der Waals surface area contributed by atoms with Crippen LogP contribution in [0.3, 0.4) is 0 Å². The third kappa shape index (κ3) is 2.23. The molecule has 0 bridgehead atoms. The van der Waals surface area contributed by atoms with Crippen molar-refractivity contribution in [2.75, 3.05) is 18.6 Å². The van der Waals surface area contributed by atoms with Gasteiger partial charge in [0.1, 0.15) is 16.7 Å². The van der Waals surface area contributed by atoms with Gasteiger partial charge in [-0.1, -0.05) is 0 Å². The zero-order valence-corrected chi connectivity index (χ0v) is 11.0. The maximum atomic E-state index is 12.1. The number of likely N-dealkylation sites (N-methyl/N-ethyl adjacent to an activating group) is 1. The van der Waals surface area contributed by atoms with Gasteiger partial charge in [0.05, 0.1) is 5.69 Å². The SMILES string of the molecule is Cc1nsc(N(C)C(=O)[C@@H]2CCCO2)c1C(=O)O. The molecular weight excluding hydrogens is 256 g/mol. The lowest BCUT2D eigenvalue weighted by Gasteiger charge is -2.19. The minimum Gasteiger partial charge on any atom is -0.478 e. The van der Waals surface area contributed by atoms with Gasteiger partial charge in [-0.2, -0.15) is 4.37 Å². The predicted molar refractivity (Wildman–Crippen MR) is 66.2 cm³/mol. The van der Waals surface area contributed by atoms with E-state index in [1.54, 1.807) is 14.0 Å². The fraction of sp³-hybridized carbons (Fsp3) is 0.545. The maximum absolute atomic E-state index is 12.1. The van der Waals surface area contributed by atoms with Crippen LogP contribution in [0.5, 0.6) is 0 Å². The summed E-state index contributed by atoms with van der Waals surface area (Å²) in [7, 11) is 1.56. The molecule has 1 atom stereocenters. The van der Waals surface area contributed by atoms with Crippen molar-refractivity contribution in [2.24, 2.45) is 0 Å². The van der Waals surface area contributed by atoms with E-state index in [1.807, 2.05) is 0 Å². The van der Waals surface area contributed by atoms with Crippen LogP contribution in [-0.4, -0.2) is 41.1 Å². The molecule has 1 fully saturated rings. The second kappa shape index (κ2) is 5.03. The van der Waals surface area contributed by atoms with Crippen molar-refractivity contribution in [3.8, 4) is 0 Å². The number of aryl methyl sites for hydroxylation is 1. The highest BCUT2D eigenvalue weighted by molar-refractivity contribution is 7.11. The van der Waals surface area contributed by atoms with Gasteiger partial charge in [-0.05, 0) is 31.3 Å². The number of carbonyl (C=O) groups is 2. The van der Waals surface area contributed by atoms with Crippen molar-refractivity contribution in [3.05, 3.63) is 11.3 Å². The van der Waals surface area contributed by atoms with Crippen LogP contribution >= 0.6 is 11.5 Å². The fourth-order valence-corrected chi connectivity index (χ4v) is 2.77. The van der Waals surface area contributed by atoms with Crippen LogP contribution in [0.15, 0.2) is 0 Å². The van der Waals surface area contributed by atoms with Crippen molar-refractivity contribution in [3.63, 3.8) is 0 Å². The smallest absolute Gasteiger partial charge is 0.340 e. The molecule has 7 heteroatoms. The number of carboxylic acid groups (broad SMARTS) is 1. The van der Waals surface area contributed by atoms with Crippen molar-refractivity contribution in [1.82, 2.24) is 4.37 Å². The van der Waals surface area contributed by atoms with Crippen LogP contribution in [0.25, 0.3) is 0 Å². The summed E-state index contributed by atoms with van der Waals surface area (Å²) in [6, 6.07) is 0. The Hall–Kier alpha value is -1.47. The van der Waals surface area contributed by atoms with Crippen LogP contribution < -0.4 is 4.90 Å². The molecule has 0 aliphatic carbocycles. The van der Waals surface area contributed by atoms with Crippen LogP contribution in [-0.2, 0) is 9.53 Å². The first kappa shape index (κ1) is 13.0. The molecule has 2 rings (SSSR count). The van der Waals surface area contributed by atoms with Crippen LogP contribution in [0.2, 0.25) is 0 Å². The molecule has 0 unspecified atom stereocenters. The van der Waals surface area contributed by atoms with E-state index in [-0.39, 0.29) is 11.5 Å². The molecule has 1 aliphatic rings. The lowest BCUT2D eigenvalue weighted by molar-refractivity contribution is -0.126. The maximum Gasteiger partial charge on any atom is 0.340 e. The van der Waals surface area contributed by atoms with E-state index in [9.17, 15) is 9.59 Å². The summed E-state index contributed by atoms with van der Waals surface area (Å²) in [6.07, 6.45) is 1.08. The molecule has 0 spiro atoms. The van der Waals surface area contributed by atoms with E-state index < -0.39 is 12.1 Å². The number of aromatic carboxylic acids is 1. The second-order valence-electron chi connectivity index (χ2n) is 4.15. The lowest BCUT2D eigenvalue weighted by Crippen LogP contribution is -2.36. The number of amides is 1. The van der Waals surface area contributed by atoms with E-state index in [2.05, 4.69) is 4.37 Å². The number of rotatable bonds is 3. The minimum absolute atomic E-state index is 0.0915. The van der Waals surface area contributed by atoms with E-state index >= 15 is 0 Å². The number of hydrogen-bond donors (Lipinski definition) is 1. The quantitative estimate of drug-likeness (QED) is 0.895. The third-order valence-electron chi connectivity index (χ3n) is 2.90. The Morgan fingerprint density at radius 3 is 2.83 bits per heavy atom. The van der Waals surface area contributed by atoms with Crippen molar-refractivity contribution >= 4 is 28.4 Å². The Bertz CT molecular complexity index is 479. The van der Waals surface area contributed by atoms with Crippen molar-refractivity contribution < 1.29 is 19.4 Å². The van der Waals surface area contributed by atoms with E-state index in [0.717, 1.165) is 18.0 Å². The summed E-state index contributed by atoms with van der Waals surface area (Å²) in [5, 5.41) is 9.49. The zero-order valence-electron chi connectivity index (χ0n) is 10.2. The summed E-state index contributed by atoms with van der Waals surface area (Å²) < 4.78 is 9.30. The van der Waals surface area contributed by atoms with Gasteiger partial charge in [0.15, 0.2) is 0 Å². The summed E-state index contributed by atoms with van der Waals surface area (Å²) >= 11 is 1.02. The van der Waals surface area contributed by atoms with Gasteiger partial charge >= 0.3 is 5.97 Å². The number of carboxylic acids is 1. The monoisotopic (exact) mass is 270 g/mol. The number of aromatic nitrogens is 1. The molecule has 0 aromatic carbocycles. The second-order valence-corrected chi connectivity index (χ2v) is 4.90. The van der Waals surface area contributed by atoms with Gasteiger partial charge in [0, 0.05) is 13.7 Å². The zero-order chi connectivity index (χ0) is 13.3. The number of ether oxygens (including phenoxy) is 1. The average molecular weight is 270 g/mol. The lowest BCUT2D eigenvalue weighted by atomic mass is 10.2. The highest BCUT2D eigenvalue weighted by Gasteiger charge is 2.30. The van der Waals surface area contributed by atoms with E-state index in [0.29, 0.717) is 23.7 Å². The molecule has 98 valence electrons. The summed E-state index contributed by atoms with van der Waals surface area (Å²) in [4.78, 5) is 24.6. The third-order valence-corrected chi connectivity index (χ3v) is 3.91. The Balaban J connectivity index is 2.25. The molecule has 1 aromatic heterocycles. The molecule has 1 amide bonds. The first-order valence-electron chi connectivity index (χ1n) is 5.61. The number of anilines is 1. The molecule has 0 saturated carbocycles. The highest BCUT2D eigenvalue weighted by atomic mass is 32.1. The number of carbonyl (C=O) groups excluding carboxylic acids is 1. The Morgan fingerprint density at radius 2 is 2.28 bits per heavy atom. The summed E-state index contributed by atoms with van der Waals surface area (Å²) in [5.41, 5.74) is 0.517. The number of hydrogen-bond acceptors (Lipinski definition) is 5. The summed E-state index contributed by atoms with van der Waals surface area (Å²) in [6.45, 7) is 2.20. The van der Waals surface area contributed by atoms with Gasteiger partial charge in [0.2, 0.25) is 0 Å². The summed E-state index contributed by atoms with van der Waals surface area (Å²) in [5.74, 6) is -1.28. The molecule has 6 nitrogen and oxygen atoms in total. The van der Waals surface area contributed by atoms with Gasteiger partial charge in [0.25, 0.3) is 5.91 Å². The van der Waals surface area contributed by atoms with Gasteiger partial charge in [-0.3, -0.25) is 4.79 Å². The standard InChI is InChI=1S/C11H14N2O4S/c1-6-8(11(15)16)10(18-12-6)13(2)9(14)7-4-3-5-17-7/h7H,3-5H2,1-2H3,(H,15,16)/t7-/m0/s1. The van der Waals surface area contributed by atoms with E-state index in [4.69, 9.17) is 9.84 Å². The highest BCUT2D eigenvalue weighted by Crippen LogP contribution is 2.29. The van der Waals surface area contributed by atoms with Crippen molar-refractivity contribution in [2.45, 2.75) is 25.9 Å². The molecule has 2 heterocycles. The molecule has 1 aliphatic heterocycles. The average Bonchev–Trinajstić information content (AvgIpc) is 2.95. The first-order valence-corrected chi connectivity index (χ1v) is 6.38. The van der Waals surface area contributed by atoms with Gasteiger partial charge in [-0.15, -0.1) is 0 Å². The number of nitrogens with zero attached hydrogens (tertiary/aromatic N) is 2. The predicted octanol–water partition coefficient (Wildman–Crippen LogP) is 1.29. The van der Waals surface area contributed by atoms with Crippen LogP contribution in [0, 0.1) is 6.92 Å². The van der Waals surface area contributed by atoms with E-state index in [1.165, 1.54) is 4.90 Å². The molecule has 1 saturated heterocycles. The minimum atomic E-state index is -1.07. The topological polar surface area (TPSA) is 79.7 Å². The normalized spacial score (nSPS) is 18.9.